The first kappa shape index (κ1) is 16.6. The predicted molar refractivity (Wildman–Crippen MR) is 83.1 cm³/mol. The summed E-state index contributed by atoms with van der Waals surface area (Å²) < 4.78 is 8.32. The van der Waals surface area contributed by atoms with E-state index in [1.807, 2.05) is 0 Å². The molecule has 0 atom stereocenters. The van der Waals surface area contributed by atoms with Gasteiger partial charge in [0.1, 0.15) is 0 Å². The summed E-state index contributed by atoms with van der Waals surface area (Å²) in [5.74, 6) is 0. The molecule has 0 bridgehead atoms. The van der Waals surface area contributed by atoms with Gasteiger partial charge in [0, 0.05) is 13.2 Å². The lowest BCUT2D eigenvalue weighted by atomic mass is 10.4. The summed E-state index contributed by atoms with van der Waals surface area (Å²) in [6.45, 7) is 6.26. The Morgan fingerprint density at radius 2 is 1.38 bits per heavy atom. The SMILES string of the molecule is CC(C)OCCCN(S(C)(C)C)S(C)(C)C. The lowest BCUT2D eigenvalue weighted by Crippen LogP contribution is -2.30. The monoisotopic (exact) mass is 269 g/mol. The molecule has 0 unspecified atom stereocenters. The van der Waals surface area contributed by atoms with Gasteiger partial charge in [-0.2, -0.15) is 20.4 Å². The molecule has 0 aliphatic carbocycles. The average Bonchev–Trinajstić information content (AvgIpc) is 1.97. The van der Waals surface area contributed by atoms with Crippen LogP contribution in [0.4, 0.5) is 0 Å². The number of nitrogens with zero attached hydrogens (tertiary/aromatic N) is 1. The van der Waals surface area contributed by atoms with Crippen molar-refractivity contribution in [1.82, 2.24) is 3.71 Å². The van der Waals surface area contributed by atoms with Crippen LogP contribution in [-0.4, -0.2) is 60.5 Å². The largest absolute Gasteiger partial charge is 0.379 e. The van der Waals surface area contributed by atoms with Gasteiger partial charge in [-0.3, -0.25) is 0 Å². The van der Waals surface area contributed by atoms with E-state index in [1.54, 1.807) is 0 Å². The summed E-state index contributed by atoms with van der Waals surface area (Å²) in [6, 6.07) is 0. The Balaban J connectivity index is 4.16. The van der Waals surface area contributed by atoms with Crippen molar-refractivity contribution < 1.29 is 4.74 Å². The zero-order valence-corrected chi connectivity index (χ0v) is 14.0. The fourth-order valence-corrected chi connectivity index (χ4v) is 8.45. The molecule has 0 aliphatic rings. The van der Waals surface area contributed by atoms with Crippen LogP contribution in [0.25, 0.3) is 0 Å². The molecular weight excluding hydrogens is 238 g/mol. The topological polar surface area (TPSA) is 12.5 Å². The van der Waals surface area contributed by atoms with Crippen molar-refractivity contribution in [2.24, 2.45) is 0 Å². The molecule has 0 saturated heterocycles. The molecule has 0 radical (unpaired) electrons. The van der Waals surface area contributed by atoms with E-state index in [0.717, 1.165) is 13.0 Å². The molecule has 0 saturated carbocycles. The van der Waals surface area contributed by atoms with E-state index in [0.29, 0.717) is 6.10 Å². The van der Waals surface area contributed by atoms with E-state index in [1.165, 1.54) is 6.54 Å². The third kappa shape index (κ3) is 7.05. The molecule has 0 aliphatic heterocycles. The molecule has 16 heavy (non-hydrogen) atoms. The fourth-order valence-electron chi connectivity index (χ4n) is 1.73. The highest BCUT2D eigenvalue weighted by Gasteiger charge is 2.24. The predicted octanol–water partition coefficient (Wildman–Crippen LogP) is 3.32. The first-order valence-electron chi connectivity index (χ1n) is 5.81. The van der Waals surface area contributed by atoms with Crippen molar-refractivity contribution in [3.05, 3.63) is 0 Å². The lowest BCUT2D eigenvalue weighted by molar-refractivity contribution is 0.0765. The number of hydrogen-bond donors (Lipinski definition) is 0. The molecule has 4 heteroatoms. The van der Waals surface area contributed by atoms with Crippen molar-refractivity contribution in [2.45, 2.75) is 26.4 Å². The van der Waals surface area contributed by atoms with Gasteiger partial charge in [0.2, 0.25) is 0 Å². The van der Waals surface area contributed by atoms with Crippen LogP contribution in [-0.2, 0) is 4.74 Å². The Hall–Kier alpha value is 0.620. The highest BCUT2D eigenvalue weighted by Crippen LogP contribution is 2.56. The highest BCUT2D eigenvalue weighted by atomic mass is 32.3. The van der Waals surface area contributed by atoms with Gasteiger partial charge in [-0.05, 0) is 57.8 Å². The van der Waals surface area contributed by atoms with E-state index in [-0.39, 0.29) is 0 Å². The van der Waals surface area contributed by atoms with Crippen LogP contribution in [0, 0.1) is 0 Å². The highest BCUT2D eigenvalue weighted by molar-refractivity contribution is 8.43. The Morgan fingerprint density at radius 3 is 1.69 bits per heavy atom. The first-order chi connectivity index (χ1) is 7.05. The lowest BCUT2D eigenvalue weighted by Gasteiger charge is -2.51. The molecule has 0 amide bonds. The van der Waals surface area contributed by atoms with E-state index in [2.05, 4.69) is 55.1 Å². The second-order valence-electron chi connectivity index (χ2n) is 5.87. The molecular formula is C12H31NOS2. The van der Waals surface area contributed by atoms with E-state index < -0.39 is 20.4 Å². The van der Waals surface area contributed by atoms with Gasteiger partial charge in [-0.15, -0.1) is 0 Å². The maximum Gasteiger partial charge on any atom is 0.0518 e. The van der Waals surface area contributed by atoms with Gasteiger partial charge >= 0.3 is 0 Å². The van der Waals surface area contributed by atoms with Crippen LogP contribution in [0.2, 0.25) is 0 Å². The summed E-state index contributed by atoms with van der Waals surface area (Å²) in [5.41, 5.74) is 0. The van der Waals surface area contributed by atoms with Crippen LogP contribution >= 0.6 is 20.4 Å². The van der Waals surface area contributed by atoms with Crippen molar-refractivity contribution in [2.75, 3.05) is 50.7 Å². The van der Waals surface area contributed by atoms with Crippen LogP contribution in [0.3, 0.4) is 0 Å². The number of rotatable bonds is 7. The van der Waals surface area contributed by atoms with Gasteiger partial charge < -0.3 is 4.74 Å². The molecule has 0 N–H and O–H groups in total. The van der Waals surface area contributed by atoms with Gasteiger partial charge in [0.25, 0.3) is 0 Å². The second kappa shape index (κ2) is 6.53. The Kier molecular flexibility index (Phi) is 6.78. The molecule has 2 nitrogen and oxygen atoms in total. The molecule has 0 heterocycles. The minimum absolute atomic E-state index is 0.359. The Labute approximate surface area is 106 Å². The molecule has 0 aromatic heterocycles. The van der Waals surface area contributed by atoms with Gasteiger partial charge in [0.15, 0.2) is 0 Å². The number of ether oxygens (including phenoxy) is 1. The second-order valence-corrected chi connectivity index (χ2v) is 14.1. The summed E-state index contributed by atoms with van der Waals surface area (Å²) in [6.07, 6.45) is 15.8. The third-order valence-corrected chi connectivity index (χ3v) is 7.65. The summed E-state index contributed by atoms with van der Waals surface area (Å²) >= 11 is 0. The quantitative estimate of drug-likeness (QED) is 0.657. The average molecular weight is 270 g/mol. The van der Waals surface area contributed by atoms with Gasteiger partial charge in [0.05, 0.1) is 6.10 Å². The smallest absolute Gasteiger partial charge is 0.0518 e. The van der Waals surface area contributed by atoms with E-state index in [9.17, 15) is 0 Å². The van der Waals surface area contributed by atoms with E-state index >= 15 is 0 Å². The maximum atomic E-state index is 5.61. The van der Waals surface area contributed by atoms with E-state index in [4.69, 9.17) is 4.74 Å². The zero-order chi connectivity index (χ0) is 13.0. The molecule has 0 fully saturated rings. The molecule has 0 aromatic rings. The van der Waals surface area contributed by atoms with Crippen LogP contribution in [0.5, 0.6) is 0 Å². The summed E-state index contributed by atoms with van der Waals surface area (Å²) in [5, 5.41) is 0. The van der Waals surface area contributed by atoms with Crippen LogP contribution in [0.15, 0.2) is 0 Å². The molecule has 0 aromatic carbocycles. The first-order valence-corrected chi connectivity index (χ1v) is 11.4. The standard InChI is InChI=1S/C12H31NOS2/c1-12(2)14-11-9-10-13(15(3,4)5)16(6,7)8/h12H,9-11H2,1-8H3. The normalized spacial score (nSPS) is 15.9. The van der Waals surface area contributed by atoms with Crippen LogP contribution < -0.4 is 0 Å². The Bertz CT molecular complexity index is 180. The fraction of sp³-hybridized carbons (Fsp3) is 1.00. The number of hydrogen-bond acceptors (Lipinski definition) is 2. The zero-order valence-electron chi connectivity index (χ0n) is 12.4. The van der Waals surface area contributed by atoms with Crippen molar-refractivity contribution >= 4 is 20.4 Å². The van der Waals surface area contributed by atoms with Crippen molar-refractivity contribution in [3.8, 4) is 0 Å². The van der Waals surface area contributed by atoms with Crippen molar-refractivity contribution in [1.29, 1.82) is 0 Å². The van der Waals surface area contributed by atoms with Gasteiger partial charge in [-0.25, -0.2) is 3.71 Å². The minimum atomic E-state index is -0.609. The molecule has 0 spiro atoms. The summed E-state index contributed by atoms with van der Waals surface area (Å²) in [7, 11) is -1.22. The third-order valence-electron chi connectivity index (χ3n) is 2.16. The molecule has 0 rings (SSSR count). The van der Waals surface area contributed by atoms with Crippen LogP contribution in [0.1, 0.15) is 20.3 Å². The van der Waals surface area contributed by atoms with Gasteiger partial charge in [-0.1, -0.05) is 0 Å². The maximum absolute atomic E-state index is 5.61. The molecule has 102 valence electrons. The Morgan fingerprint density at radius 1 is 0.938 bits per heavy atom. The van der Waals surface area contributed by atoms with Crippen molar-refractivity contribution in [3.63, 3.8) is 0 Å². The minimum Gasteiger partial charge on any atom is -0.379 e. The summed E-state index contributed by atoms with van der Waals surface area (Å²) in [4.78, 5) is 0.